The normalized spacial score (nSPS) is 18.7. The number of rotatable bonds is 7. The van der Waals surface area contributed by atoms with Crippen molar-refractivity contribution in [1.82, 2.24) is 14.7 Å². The molecule has 2 aliphatic rings. The number of piperazine rings is 1. The minimum atomic E-state index is -4.31. The second-order valence-corrected chi connectivity index (χ2v) is 10.1. The van der Waals surface area contributed by atoms with Crippen LogP contribution in [0.25, 0.3) is 0 Å². The minimum absolute atomic E-state index is 0.0253. The van der Waals surface area contributed by atoms with Crippen molar-refractivity contribution in [2.45, 2.75) is 19.3 Å². The Morgan fingerprint density at radius 2 is 1.44 bits per heavy atom. The van der Waals surface area contributed by atoms with E-state index in [0.717, 1.165) is 69.2 Å². The van der Waals surface area contributed by atoms with Crippen molar-refractivity contribution in [3.63, 3.8) is 0 Å². The van der Waals surface area contributed by atoms with E-state index < -0.39 is 11.7 Å². The number of benzene rings is 2. The molecule has 0 bridgehead atoms. The van der Waals surface area contributed by atoms with Crippen LogP contribution in [0.5, 0.6) is 0 Å². The van der Waals surface area contributed by atoms with E-state index in [0.29, 0.717) is 13.1 Å². The average molecular weight is 493 g/mol. The Bertz CT molecular complexity index is 940. The van der Waals surface area contributed by atoms with Gasteiger partial charge in [0.1, 0.15) is 0 Å². The van der Waals surface area contributed by atoms with Gasteiger partial charge < -0.3 is 5.32 Å². The molecule has 0 aliphatic carbocycles. The first-order chi connectivity index (χ1) is 16.3. The molecule has 1 N–H and O–H groups in total. The first kappa shape index (κ1) is 25.0. The molecule has 5 nitrogen and oxygen atoms in total. The lowest BCUT2D eigenvalue weighted by Crippen LogP contribution is -2.48. The van der Waals surface area contributed by atoms with Crippen LogP contribution in [0.15, 0.2) is 48.5 Å². The van der Waals surface area contributed by atoms with E-state index in [1.165, 1.54) is 17.1 Å². The average Bonchev–Trinajstić information content (AvgIpc) is 2.81. The summed E-state index contributed by atoms with van der Waals surface area (Å²) in [7, 11) is 0. The number of carbonyl (C=O) groups excluding carboxylic acids is 1. The molecule has 0 aromatic heterocycles. The van der Waals surface area contributed by atoms with Gasteiger partial charge in [0.15, 0.2) is 0 Å². The maximum atomic E-state index is 12.7. The summed E-state index contributed by atoms with van der Waals surface area (Å²) < 4.78 is 38.2. The standard InChI is InChI=1S/C25H31F3N4OS/c26-25(27,28)22-6-4-20(5-7-22)17-30-8-10-31(11-9-30)19-24(33)29-23-3-1-2-21(16-23)18-32-12-14-34-15-13-32/h1-7,16H,8-15,17-19H2,(H,29,33). The van der Waals surface area contributed by atoms with Gasteiger partial charge in [0.25, 0.3) is 0 Å². The van der Waals surface area contributed by atoms with E-state index >= 15 is 0 Å². The second-order valence-electron chi connectivity index (χ2n) is 8.88. The molecule has 2 aromatic rings. The lowest BCUT2D eigenvalue weighted by molar-refractivity contribution is -0.137. The molecule has 0 spiro atoms. The minimum Gasteiger partial charge on any atom is -0.325 e. The maximum absolute atomic E-state index is 12.7. The van der Waals surface area contributed by atoms with Gasteiger partial charge in [-0.25, -0.2) is 0 Å². The maximum Gasteiger partial charge on any atom is 0.416 e. The van der Waals surface area contributed by atoms with Crippen LogP contribution in [0, 0.1) is 0 Å². The molecule has 9 heteroatoms. The Hall–Kier alpha value is -2.07. The van der Waals surface area contributed by atoms with Crippen molar-refractivity contribution >= 4 is 23.4 Å². The van der Waals surface area contributed by atoms with Crippen LogP contribution in [-0.4, -0.2) is 77.9 Å². The van der Waals surface area contributed by atoms with E-state index in [9.17, 15) is 18.0 Å². The van der Waals surface area contributed by atoms with Crippen molar-refractivity contribution in [2.75, 3.05) is 62.6 Å². The number of hydrogen-bond donors (Lipinski definition) is 1. The number of hydrogen-bond acceptors (Lipinski definition) is 5. The Labute approximate surface area is 203 Å². The van der Waals surface area contributed by atoms with Gasteiger partial charge in [-0.1, -0.05) is 24.3 Å². The molecule has 184 valence electrons. The number of nitrogens with zero attached hydrogens (tertiary/aromatic N) is 3. The molecule has 2 fully saturated rings. The van der Waals surface area contributed by atoms with Gasteiger partial charge in [0.05, 0.1) is 12.1 Å². The third-order valence-corrected chi connectivity index (χ3v) is 7.18. The first-order valence-electron chi connectivity index (χ1n) is 11.6. The van der Waals surface area contributed by atoms with E-state index in [2.05, 4.69) is 32.1 Å². The van der Waals surface area contributed by atoms with Crippen LogP contribution in [0.1, 0.15) is 16.7 Å². The van der Waals surface area contributed by atoms with Crippen LogP contribution in [0.3, 0.4) is 0 Å². The molecular weight excluding hydrogens is 461 g/mol. The molecule has 34 heavy (non-hydrogen) atoms. The summed E-state index contributed by atoms with van der Waals surface area (Å²) in [5.74, 6) is 2.32. The monoisotopic (exact) mass is 492 g/mol. The largest absolute Gasteiger partial charge is 0.416 e. The number of nitrogens with one attached hydrogen (secondary N) is 1. The van der Waals surface area contributed by atoms with E-state index in [-0.39, 0.29) is 5.91 Å². The number of thioether (sulfide) groups is 1. The number of anilines is 1. The van der Waals surface area contributed by atoms with Crippen LogP contribution in [0.4, 0.5) is 18.9 Å². The molecule has 0 radical (unpaired) electrons. The summed E-state index contributed by atoms with van der Waals surface area (Å²) in [5.41, 5.74) is 2.28. The Morgan fingerprint density at radius 1 is 0.824 bits per heavy atom. The van der Waals surface area contributed by atoms with Gasteiger partial charge in [-0.15, -0.1) is 0 Å². The van der Waals surface area contributed by atoms with Gasteiger partial charge >= 0.3 is 6.18 Å². The summed E-state index contributed by atoms with van der Waals surface area (Å²) in [6, 6.07) is 13.4. The van der Waals surface area contributed by atoms with Crippen molar-refractivity contribution in [3.8, 4) is 0 Å². The molecule has 0 saturated carbocycles. The number of amides is 1. The molecular formula is C25H31F3N4OS. The zero-order valence-electron chi connectivity index (χ0n) is 19.2. The fraction of sp³-hybridized carbons (Fsp3) is 0.480. The van der Waals surface area contributed by atoms with Gasteiger partial charge in [-0.05, 0) is 35.4 Å². The predicted octanol–water partition coefficient (Wildman–Crippen LogP) is 4.01. The highest BCUT2D eigenvalue weighted by Crippen LogP contribution is 2.29. The first-order valence-corrected chi connectivity index (χ1v) is 12.8. The van der Waals surface area contributed by atoms with E-state index in [1.807, 2.05) is 23.9 Å². The van der Waals surface area contributed by atoms with Gasteiger partial charge in [0.2, 0.25) is 5.91 Å². The van der Waals surface area contributed by atoms with Crippen molar-refractivity contribution in [3.05, 3.63) is 65.2 Å². The van der Waals surface area contributed by atoms with Crippen molar-refractivity contribution < 1.29 is 18.0 Å². The highest BCUT2D eigenvalue weighted by Gasteiger charge is 2.30. The summed E-state index contributed by atoms with van der Waals surface area (Å²) in [6.45, 7) is 7.11. The van der Waals surface area contributed by atoms with Crippen molar-refractivity contribution in [1.29, 1.82) is 0 Å². The number of halogens is 3. The molecule has 0 atom stereocenters. The Balaban J connectivity index is 1.20. The zero-order chi connectivity index (χ0) is 24.0. The molecule has 2 aliphatic heterocycles. The summed E-state index contributed by atoms with van der Waals surface area (Å²) >= 11 is 2.00. The van der Waals surface area contributed by atoms with Gasteiger partial charge in [-0.2, -0.15) is 24.9 Å². The lowest BCUT2D eigenvalue weighted by Gasteiger charge is -2.34. The van der Waals surface area contributed by atoms with Crippen LogP contribution in [0.2, 0.25) is 0 Å². The number of carbonyl (C=O) groups is 1. The molecule has 0 unspecified atom stereocenters. The quantitative estimate of drug-likeness (QED) is 0.633. The topological polar surface area (TPSA) is 38.8 Å². The number of alkyl halides is 3. The second kappa shape index (κ2) is 11.6. The summed E-state index contributed by atoms with van der Waals surface area (Å²) in [5, 5.41) is 3.03. The fourth-order valence-electron chi connectivity index (χ4n) is 4.33. The fourth-order valence-corrected chi connectivity index (χ4v) is 5.31. The third-order valence-electron chi connectivity index (χ3n) is 6.24. The molecule has 2 heterocycles. The highest BCUT2D eigenvalue weighted by molar-refractivity contribution is 7.99. The van der Waals surface area contributed by atoms with Gasteiger partial charge in [0, 0.05) is 69.6 Å². The van der Waals surface area contributed by atoms with Crippen LogP contribution >= 0.6 is 11.8 Å². The van der Waals surface area contributed by atoms with Crippen LogP contribution < -0.4 is 5.32 Å². The highest BCUT2D eigenvalue weighted by atomic mass is 32.2. The zero-order valence-corrected chi connectivity index (χ0v) is 20.0. The molecule has 2 aromatic carbocycles. The van der Waals surface area contributed by atoms with E-state index in [1.54, 1.807) is 12.1 Å². The summed E-state index contributed by atoms with van der Waals surface area (Å²) in [4.78, 5) is 19.4. The lowest BCUT2D eigenvalue weighted by atomic mass is 10.1. The molecule has 4 rings (SSSR count). The smallest absolute Gasteiger partial charge is 0.325 e. The third kappa shape index (κ3) is 7.46. The SMILES string of the molecule is O=C(CN1CCN(Cc2ccc(C(F)(F)F)cc2)CC1)Nc1cccc(CN2CCSCC2)c1. The predicted molar refractivity (Wildman–Crippen MR) is 131 cm³/mol. The van der Waals surface area contributed by atoms with E-state index in [4.69, 9.17) is 0 Å². The van der Waals surface area contributed by atoms with Crippen LogP contribution in [-0.2, 0) is 24.1 Å². The van der Waals surface area contributed by atoms with Gasteiger partial charge in [-0.3, -0.25) is 19.5 Å². The Morgan fingerprint density at radius 3 is 2.12 bits per heavy atom. The molecule has 2 saturated heterocycles. The molecule has 1 amide bonds. The van der Waals surface area contributed by atoms with Crippen molar-refractivity contribution in [2.24, 2.45) is 0 Å². The Kier molecular flexibility index (Phi) is 8.52. The summed E-state index contributed by atoms with van der Waals surface area (Å²) in [6.07, 6.45) is -4.31.